The van der Waals surface area contributed by atoms with Crippen molar-refractivity contribution in [1.82, 2.24) is 9.59 Å². The Morgan fingerprint density at radius 2 is 2.33 bits per heavy atom. The molecular formula is C5H5ClF2N2OS. The molecule has 0 aliphatic rings. The van der Waals surface area contributed by atoms with E-state index in [4.69, 9.17) is 11.6 Å². The van der Waals surface area contributed by atoms with Crippen molar-refractivity contribution in [2.45, 2.75) is 13.0 Å². The van der Waals surface area contributed by atoms with Crippen molar-refractivity contribution in [2.24, 2.45) is 0 Å². The molecule has 7 heteroatoms. The Morgan fingerprint density at radius 1 is 1.58 bits per heavy atom. The number of hydrogen-bond acceptors (Lipinski definition) is 4. The van der Waals surface area contributed by atoms with Gasteiger partial charge in [0.15, 0.2) is 0 Å². The summed E-state index contributed by atoms with van der Waals surface area (Å²) in [6.07, 6.45) is -2.46. The third-order valence-electron chi connectivity index (χ3n) is 0.992. The molecule has 0 bridgehead atoms. The summed E-state index contributed by atoms with van der Waals surface area (Å²) in [5, 5.41) is 3.58. The number of aromatic nitrogens is 2. The number of alkyl halides is 2. The van der Waals surface area contributed by atoms with Gasteiger partial charge in [0.2, 0.25) is 0 Å². The highest BCUT2D eigenvalue weighted by Gasteiger charge is 2.07. The number of rotatable bonds is 4. The first kappa shape index (κ1) is 9.76. The van der Waals surface area contributed by atoms with Gasteiger partial charge in [-0.05, 0) is 0 Å². The minimum atomic E-state index is -2.46. The molecule has 1 heterocycles. The third-order valence-corrected chi connectivity index (χ3v) is 1.98. The second-order valence-corrected chi connectivity index (χ2v) is 3.26. The lowest BCUT2D eigenvalue weighted by molar-refractivity contribution is 0.00885. The Balaban J connectivity index is 2.29. The van der Waals surface area contributed by atoms with Crippen LogP contribution in [0.2, 0.25) is 4.34 Å². The third kappa shape index (κ3) is 2.96. The molecule has 3 nitrogen and oxygen atoms in total. The minimum Gasteiger partial charge on any atom is -0.369 e. The number of halogens is 3. The van der Waals surface area contributed by atoms with E-state index in [2.05, 4.69) is 14.3 Å². The van der Waals surface area contributed by atoms with E-state index in [9.17, 15) is 8.78 Å². The summed E-state index contributed by atoms with van der Waals surface area (Å²) in [4.78, 5) is 0. The van der Waals surface area contributed by atoms with Crippen LogP contribution in [0.4, 0.5) is 8.78 Å². The molecule has 0 radical (unpaired) electrons. The van der Waals surface area contributed by atoms with Crippen LogP contribution >= 0.6 is 23.1 Å². The average Bonchev–Trinajstić information content (AvgIpc) is 2.36. The first-order valence-corrected chi connectivity index (χ1v) is 4.18. The zero-order valence-electron chi connectivity index (χ0n) is 5.84. The van der Waals surface area contributed by atoms with E-state index in [-0.39, 0.29) is 6.61 Å². The smallest absolute Gasteiger partial charge is 0.261 e. The Bertz CT molecular complexity index is 245. The minimum absolute atomic E-state index is 0.0142. The van der Waals surface area contributed by atoms with Crippen LogP contribution in [-0.2, 0) is 11.3 Å². The molecular weight excluding hydrogens is 210 g/mol. The van der Waals surface area contributed by atoms with E-state index in [1.807, 2.05) is 0 Å². The van der Waals surface area contributed by atoms with Crippen LogP contribution in [0.3, 0.4) is 0 Å². The first-order chi connectivity index (χ1) is 5.70. The van der Waals surface area contributed by atoms with Crippen molar-refractivity contribution in [1.29, 1.82) is 0 Å². The molecule has 0 saturated carbocycles. The van der Waals surface area contributed by atoms with Crippen molar-refractivity contribution in [3.8, 4) is 0 Å². The lowest BCUT2D eigenvalue weighted by Crippen LogP contribution is -2.04. The normalized spacial score (nSPS) is 11.0. The van der Waals surface area contributed by atoms with Gasteiger partial charge in [-0.1, -0.05) is 16.1 Å². The molecule has 12 heavy (non-hydrogen) atoms. The largest absolute Gasteiger partial charge is 0.369 e. The Morgan fingerprint density at radius 3 is 2.83 bits per heavy atom. The summed E-state index contributed by atoms with van der Waals surface area (Å²) < 4.78 is 31.6. The maximum Gasteiger partial charge on any atom is 0.261 e. The van der Waals surface area contributed by atoms with Crippen molar-refractivity contribution in [3.05, 3.63) is 10.0 Å². The standard InChI is InChI=1S/C5H5ClF2N2OS/c6-5-3(9-10-12-5)1-11-2-4(7)8/h4H,1-2H2. The van der Waals surface area contributed by atoms with Gasteiger partial charge in [0.1, 0.15) is 16.6 Å². The second kappa shape index (κ2) is 4.64. The summed E-state index contributed by atoms with van der Waals surface area (Å²) >= 11 is 6.58. The van der Waals surface area contributed by atoms with Crippen LogP contribution in [0.25, 0.3) is 0 Å². The highest BCUT2D eigenvalue weighted by Crippen LogP contribution is 2.17. The monoisotopic (exact) mass is 214 g/mol. The molecule has 0 saturated heterocycles. The fourth-order valence-electron chi connectivity index (χ4n) is 0.528. The quantitative estimate of drug-likeness (QED) is 0.769. The molecule has 0 N–H and O–H groups in total. The van der Waals surface area contributed by atoms with Crippen LogP contribution in [0.1, 0.15) is 5.69 Å². The lowest BCUT2D eigenvalue weighted by atomic mass is 10.5. The number of hydrogen-bond donors (Lipinski definition) is 0. The molecule has 0 spiro atoms. The van der Waals surface area contributed by atoms with Crippen molar-refractivity contribution >= 4 is 23.1 Å². The van der Waals surface area contributed by atoms with Gasteiger partial charge in [0.25, 0.3) is 6.43 Å². The van der Waals surface area contributed by atoms with Crippen LogP contribution in [0, 0.1) is 0 Å². The van der Waals surface area contributed by atoms with Gasteiger partial charge in [-0.15, -0.1) is 5.10 Å². The van der Waals surface area contributed by atoms with E-state index >= 15 is 0 Å². The fourth-order valence-corrected chi connectivity index (χ4v) is 1.13. The Labute approximate surface area is 76.5 Å². The van der Waals surface area contributed by atoms with Crippen LogP contribution in [0.15, 0.2) is 0 Å². The first-order valence-electron chi connectivity index (χ1n) is 3.02. The van der Waals surface area contributed by atoms with E-state index in [0.29, 0.717) is 10.0 Å². The van der Waals surface area contributed by atoms with Gasteiger partial charge in [-0.2, -0.15) is 0 Å². The van der Waals surface area contributed by atoms with Gasteiger partial charge in [0.05, 0.1) is 6.61 Å². The SMILES string of the molecule is FC(F)COCc1nnsc1Cl. The van der Waals surface area contributed by atoms with Crippen molar-refractivity contribution in [2.75, 3.05) is 6.61 Å². The van der Waals surface area contributed by atoms with Crippen LogP contribution < -0.4 is 0 Å². The molecule has 0 aromatic carbocycles. The molecule has 0 fully saturated rings. The summed E-state index contributed by atoms with van der Waals surface area (Å²) in [5.41, 5.74) is 0.405. The van der Waals surface area contributed by atoms with E-state index in [1.165, 1.54) is 0 Å². The molecule has 0 atom stereocenters. The Hall–Kier alpha value is -0.330. The van der Waals surface area contributed by atoms with Crippen molar-refractivity contribution in [3.63, 3.8) is 0 Å². The highest BCUT2D eigenvalue weighted by molar-refractivity contribution is 7.10. The lowest BCUT2D eigenvalue weighted by Gasteiger charge is -1.99. The molecule has 0 aliphatic heterocycles. The predicted octanol–water partition coefficient (Wildman–Crippen LogP) is 1.97. The van der Waals surface area contributed by atoms with E-state index in [1.54, 1.807) is 0 Å². The molecule has 1 rings (SSSR count). The van der Waals surface area contributed by atoms with E-state index in [0.717, 1.165) is 11.5 Å². The summed E-state index contributed by atoms with van der Waals surface area (Å²) in [5.74, 6) is 0. The molecule has 1 aromatic heterocycles. The van der Waals surface area contributed by atoms with Crippen LogP contribution in [0.5, 0.6) is 0 Å². The van der Waals surface area contributed by atoms with E-state index < -0.39 is 13.0 Å². The number of nitrogens with zero attached hydrogens (tertiary/aromatic N) is 2. The molecule has 0 aliphatic carbocycles. The molecule has 1 aromatic rings. The van der Waals surface area contributed by atoms with Gasteiger partial charge < -0.3 is 4.74 Å². The predicted molar refractivity (Wildman–Crippen MR) is 40.6 cm³/mol. The summed E-state index contributed by atoms with van der Waals surface area (Å²) in [6.45, 7) is -0.618. The van der Waals surface area contributed by atoms with Gasteiger partial charge in [0, 0.05) is 11.5 Å². The molecule has 68 valence electrons. The average molecular weight is 215 g/mol. The second-order valence-electron chi connectivity index (χ2n) is 1.90. The van der Waals surface area contributed by atoms with Gasteiger partial charge >= 0.3 is 0 Å². The summed E-state index contributed by atoms with van der Waals surface area (Å²) in [6, 6.07) is 0. The fraction of sp³-hybridized carbons (Fsp3) is 0.600. The van der Waals surface area contributed by atoms with Crippen LogP contribution in [-0.4, -0.2) is 22.6 Å². The zero-order chi connectivity index (χ0) is 8.97. The highest BCUT2D eigenvalue weighted by atomic mass is 35.5. The zero-order valence-corrected chi connectivity index (χ0v) is 7.41. The van der Waals surface area contributed by atoms with Gasteiger partial charge in [-0.3, -0.25) is 0 Å². The maximum absolute atomic E-state index is 11.6. The van der Waals surface area contributed by atoms with Crippen molar-refractivity contribution < 1.29 is 13.5 Å². The van der Waals surface area contributed by atoms with Gasteiger partial charge in [-0.25, -0.2) is 8.78 Å². The molecule has 0 amide bonds. The molecule has 0 unspecified atom stereocenters. The maximum atomic E-state index is 11.6. The topological polar surface area (TPSA) is 35.0 Å². The summed E-state index contributed by atoms with van der Waals surface area (Å²) in [7, 11) is 0. The number of ether oxygens (including phenoxy) is 1. The Kier molecular flexibility index (Phi) is 3.77.